The summed E-state index contributed by atoms with van der Waals surface area (Å²) in [5, 5.41) is 7.76. The number of fused-ring (bicyclic) bond motifs is 2. The average Bonchev–Trinajstić information content (AvgIpc) is 3.12. The van der Waals surface area contributed by atoms with Crippen molar-refractivity contribution in [3.8, 4) is 0 Å². The summed E-state index contributed by atoms with van der Waals surface area (Å²) in [6, 6.07) is -0.832. The third kappa shape index (κ3) is 3.04. The van der Waals surface area contributed by atoms with Crippen molar-refractivity contribution in [1.29, 1.82) is 0 Å². The number of amides is 4. The number of hydrogen-bond donors (Lipinski definition) is 3. The SMILES string of the molecule is C[C@H](NC(=O)CC[C@H]1NC(=O)NC1=O)[C@@H]1C[C@H]2CC[C@H]1C2. The number of urea groups is 1. The lowest BCUT2D eigenvalue weighted by atomic mass is 9.84. The fraction of sp³-hybridized carbons (Fsp3) is 0.800. The second kappa shape index (κ2) is 5.66. The summed E-state index contributed by atoms with van der Waals surface area (Å²) < 4.78 is 0. The standard InChI is InChI=1S/C15H23N3O3/c1-8(11-7-9-2-3-10(11)6-9)16-13(19)5-4-12-14(20)18-15(21)17-12/h8-12H,2-7H2,1H3,(H,16,19)(H2,17,18,20,21)/t8-,9-,10-,11-,12+/m0/s1. The van der Waals surface area contributed by atoms with Gasteiger partial charge in [-0.1, -0.05) is 6.42 Å². The Morgan fingerprint density at radius 3 is 2.71 bits per heavy atom. The van der Waals surface area contributed by atoms with E-state index < -0.39 is 12.1 Å². The highest BCUT2D eigenvalue weighted by molar-refractivity contribution is 6.04. The van der Waals surface area contributed by atoms with Crippen molar-refractivity contribution in [3.05, 3.63) is 0 Å². The van der Waals surface area contributed by atoms with Gasteiger partial charge in [0, 0.05) is 12.5 Å². The number of carbonyl (C=O) groups is 3. The quantitative estimate of drug-likeness (QED) is 0.659. The van der Waals surface area contributed by atoms with Crippen molar-refractivity contribution in [2.75, 3.05) is 0 Å². The molecular weight excluding hydrogens is 270 g/mol. The summed E-state index contributed by atoms with van der Waals surface area (Å²) in [6.45, 7) is 2.09. The predicted octanol–water partition coefficient (Wildman–Crippen LogP) is 0.915. The van der Waals surface area contributed by atoms with E-state index in [2.05, 4.69) is 22.9 Å². The van der Waals surface area contributed by atoms with Crippen LogP contribution in [0, 0.1) is 17.8 Å². The number of nitrogens with one attached hydrogen (secondary N) is 3. The molecule has 1 saturated heterocycles. The van der Waals surface area contributed by atoms with Gasteiger partial charge in [-0.15, -0.1) is 0 Å². The van der Waals surface area contributed by atoms with Crippen LogP contribution in [-0.4, -0.2) is 29.9 Å². The molecule has 0 aromatic carbocycles. The van der Waals surface area contributed by atoms with Gasteiger partial charge < -0.3 is 10.6 Å². The molecule has 6 heteroatoms. The van der Waals surface area contributed by atoms with E-state index in [1.807, 2.05) is 0 Å². The number of hydrogen-bond acceptors (Lipinski definition) is 3. The molecule has 2 aliphatic carbocycles. The first-order chi connectivity index (χ1) is 10.0. The first-order valence-electron chi connectivity index (χ1n) is 7.93. The fourth-order valence-electron chi connectivity index (χ4n) is 4.28. The molecule has 0 aromatic rings. The van der Waals surface area contributed by atoms with Gasteiger partial charge in [0.1, 0.15) is 6.04 Å². The Morgan fingerprint density at radius 2 is 2.14 bits per heavy atom. The summed E-state index contributed by atoms with van der Waals surface area (Å²) in [5.74, 6) is 1.90. The van der Waals surface area contributed by atoms with E-state index in [1.165, 1.54) is 25.7 Å². The Bertz CT molecular complexity index is 465. The smallest absolute Gasteiger partial charge is 0.322 e. The van der Waals surface area contributed by atoms with Crippen LogP contribution >= 0.6 is 0 Å². The fourth-order valence-corrected chi connectivity index (χ4v) is 4.28. The van der Waals surface area contributed by atoms with Crippen LogP contribution in [-0.2, 0) is 9.59 Å². The lowest BCUT2D eigenvalue weighted by Crippen LogP contribution is -2.41. The molecule has 2 saturated carbocycles. The molecule has 3 aliphatic rings. The van der Waals surface area contributed by atoms with Crippen molar-refractivity contribution < 1.29 is 14.4 Å². The molecule has 116 valence electrons. The maximum Gasteiger partial charge on any atom is 0.322 e. The Labute approximate surface area is 124 Å². The highest BCUT2D eigenvalue weighted by Crippen LogP contribution is 2.49. The zero-order chi connectivity index (χ0) is 15.0. The van der Waals surface area contributed by atoms with Crippen molar-refractivity contribution in [2.45, 2.75) is 57.5 Å². The molecule has 0 unspecified atom stereocenters. The van der Waals surface area contributed by atoms with E-state index in [0.717, 1.165) is 11.8 Å². The topological polar surface area (TPSA) is 87.3 Å². The van der Waals surface area contributed by atoms with Gasteiger partial charge in [0.15, 0.2) is 0 Å². The monoisotopic (exact) mass is 293 g/mol. The maximum atomic E-state index is 12.0. The summed E-state index contributed by atoms with van der Waals surface area (Å²) in [4.78, 5) is 34.4. The Balaban J connectivity index is 1.42. The van der Waals surface area contributed by atoms with Crippen molar-refractivity contribution in [1.82, 2.24) is 16.0 Å². The summed E-state index contributed by atoms with van der Waals surface area (Å²) in [6.07, 6.45) is 5.87. The number of carbonyl (C=O) groups excluding carboxylic acids is 3. The predicted molar refractivity (Wildman–Crippen MR) is 76.2 cm³/mol. The normalized spacial score (nSPS) is 35.5. The van der Waals surface area contributed by atoms with E-state index in [0.29, 0.717) is 12.3 Å². The molecule has 3 fully saturated rings. The highest BCUT2D eigenvalue weighted by Gasteiger charge is 2.42. The molecular formula is C15H23N3O3. The molecule has 5 atom stereocenters. The van der Waals surface area contributed by atoms with Crippen molar-refractivity contribution in [3.63, 3.8) is 0 Å². The lowest BCUT2D eigenvalue weighted by Gasteiger charge is -2.28. The van der Waals surface area contributed by atoms with E-state index in [1.54, 1.807) is 0 Å². The van der Waals surface area contributed by atoms with Gasteiger partial charge in [-0.2, -0.15) is 0 Å². The van der Waals surface area contributed by atoms with E-state index in [-0.39, 0.29) is 24.3 Å². The van der Waals surface area contributed by atoms with Gasteiger partial charge in [-0.3, -0.25) is 14.9 Å². The lowest BCUT2D eigenvalue weighted by molar-refractivity contribution is -0.123. The van der Waals surface area contributed by atoms with Crippen LogP contribution in [0.3, 0.4) is 0 Å². The van der Waals surface area contributed by atoms with Crippen molar-refractivity contribution in [2.24, 2.45) is 17.8 Å². The molecule has 21 heavy (non-hydrogen) atoms. The van der Waals surface area contributed by atoms with Crippen LogP contribution in [0.5, 0.6) is 0 Å². The summed E-state index contributed by atoms with van der Waals surface area (Å²) >= 11 is 0. The Morgan fingerprint density at radius 1 is 1.33 bits per heavy atom. The van der Waals surface area contributed by atoms with Gasteiger partial charge in [0.25, 0.3) is 5.91 Å². The molecule has 4 amide bonds. The molecule has 2 bridgehead atoms. The van der Waals surface area contributed by atoms with Crippen molar-refractivity contribution >= 4 is 17.8 Å². The molecule has 6 nitrogen and oxygen atoms in total. The van der Waals surface area contributed by atoms with Gasteiger partial charge in [-0.05, 0) is 50.4 Å². The largest absolute Gasteiger partial charge is 0.353 e. The van der Waals surface area contributed by atoms with Gasteiger partial charge in [-0.25, -0.2) is 4.79 Å². The Hall–Kier alpha value is -1.59. The molecule has 1 aliphatic heterocycles. The summed E-state index contributed by atoms with van der Waals surface area (Å²) in [5.41, 5.74) is 0. The maximum absolute atomic E-state index is 12.0. The zero-order valence-electron chi connectivity index (χ0n) is 12.4. The molecule has 3 rings (SSSR count). The van der Waals surface area contributed by atoms with Crippen LogP contribution in [0.15, 0.2) is 0 Å². The third-order valence-corrected chi connectivity index (χ3v) is 5.34. The zero-order valence-corrected chi connectivity index (χ0v) is 12.4. The van der Waals surface area contributed by atoms with Crippen LogP contribution in [0.4, 0.5) is 4.79 Å². The van der Waals surface area contributed by atoms with Crippen LogP contribution in [0.25, 0.3) is 0 Å². The molecule has 0 radical (unpaired) electrons. The molecule has 0 aromatic heterocycles. The molecule has 1 heterocycles. The second-order valence-electron chi connectivity index (χ2n) is 6.75. The minimum Gasteiger partial charge on any atom is -0.353 e. The van der Waals surface area contributed by atoms with E-state index in [9.17, 15) is 14.4 Å². The van der Waals surface area contributed by atoms with Crippen LogP contribution < -0.4 is 16.0 Å². The van der Waals surface area contributed by atoms with E-state index in [4.69, 9.17) is 0 Å². The van der Waals surface area contributed by atoms with Gasteiger partial charge in [0.05, 0.1) is 0 Å². The van der Waals surface area contributed by atoms with Gasteiger partial charge in [0.2, 0.25) is 5.91 Å². The minimum atomic E-state index is -0.568. The first kappa shape index (κ1) is 14.4. The van der Waals surface area contributed by atoms with Gasteiger partial charge >= 0.3 is 6.03 Å². The Kier molecular flexibility index (Phi) is 3.87. The summed E-state index contributed by atoms with van der Waals surface area (Å²) in [7, 11) is 0. The molecule has 0 spiro atoms. The number of imide groups is 1. The van der Waals surface area contributed by atoms with Crippen LogP contribution in [0.2, 0.25) is 0 Å². The highest BCUT2D eigenvalue weighted by atomic mass is 16.2. The minimum absolute atomic E-state index is 0.0285. The molecule has 3 N–H and O–H groups in total. The first-order valence-corrected chi connectivity index (χ1v) is 7.93. The van der Waals surface area contributed by atoms with Crippen LogP contribution in [0.1, 0.15) is 45.4 Å². The average molecular weight is 293 g/mol. The third-order valence-electron chi connectivity index (χ3n) is 5.34. The number of rotatable bonds is 5. The second-order valence-corrected chi connectivity index (χ2v) is 6.75. The van der Waals surface area contributed by atoms with E-state index >= 15 is 0 Å².